The number of amides is 2. The van der Waals surface area contributed by atoms with Crippen LogP contribution in [0.3, 0.4) is 0 Å². The lowest BCUT2D eigenvalue weighted by molar-refractivity contribution is 0.154. The molecule has 2 fully saturated rings. The Kier molecular flexibility index (Phi) is 4.25. The highest BCUT2D eigenvalue weighted by Gasteiger charge is 2.44. The Hall–Kier alpha value is -1.75. The van der Waals surface area contributed by atoms with Gasteiger partial charge in [-0.05, 0) is 37.6 Å². The van der Waals surface area contributed by atoms with E-state index < -0.39 is 0 Å². The molecular weight excluding hydrogens is 278 g/mol. The van der Waals surface area contributed by atoms with Gasteiger partial charge < -0.3 is 19.9 Å². The van der Waals surface area contributed by atoms with Crippen LogP contribution in [0.2, 0.25) is 0 Å². The molecule has 0 spiro atoms. The van der Waals surface area contributed by atoms with Crippen molar-refractivity contribution in [1.82, 2.24) is 15.1 Å². The summed E-state index contributed by atoms with van der Waals surface area (Å²) in [5.41, 5.74) is 1.43. The van der Waals surface area contributed by atoms with Crippen LogP contribution in [0.1, 0.15) is 18.4 Å². The fraction of sp³-hybridized carbons (Fsp3) is 0.588. The lowest BCUT2D eigenvalue weighted by Gasteiger charge is -2.32. The zero-order valence-corrected chi connectivity index (χ0v) is 13.5. The van der Waals surface area contributed by atoms with E-state index in [4.69, 9.17) is 4.74 Å². The number of likely N-dealkylation sites (N-methyl/N-ethyl adjacent to an activating group) is 1. The summed E-state index contributed by atoms with van der Waals surface area (Å²) in [5, 5.41) is 3.13. The molecule has 5 heteroatoms. The summed E-state index contributed by atoms with van der Waals surface area (Å²) in [6.07, 6.45) is 2.28. The number of methoxy groups -OCH3 is 1. The smallest absolute Gasteiger partial charge is 0.317 e. The van der Waals surface area contributed by atoms with Gasteiger partial charge in [0.25, 0.3) is 0 Å². The van der Waals surface area contributed by atoms with Crippen molar-refractivity contribution in [2.75, 3.05) is 46.9 Å². The molecule has 1 aliphatic heterocycles. The normalized spacial score (nSPS) is 20.5. The van der Waals surface area contributed by atoms with Gasteiger partial charge in [0.2, 0.25) is 0 Å². The van der Waals surface area contributed by atoms with Crippen molar-refractivity contribution in [2.45, 2.75) is 18.3 Å². The Labute approximate surface area is 132 Å². The number of urea groups is 1. The molecule has 1 aromatic rings. The van der Waals surface area contributed by atoms with Gasteiger partial charge in [0, 0.05) is 38.1 Å². The second kappa shape index (κ2) is 6.16. The monoisotopic (exact) mass is 303 g/mol. The van der Waals surface area contributed by atoms with Gasteiger partial charge in [-0.1, -0.05) is 12.1 Å². The van der Waals surface area contributed by atoms with Gasteiger partial charge in [-0.15, -0.1) is 0 Å². The van der Waals surface area contributed by atoms with Gasteiger partial charge in [0.15, 0.2) is 0 Å². The van der Waals surface area contributed by atoms with Crippen LogP contribution in [-0.4, -0.2) is 62.7 Å². The molecule has 1 aromatic carbocycles. The second-order valence-electron chi connectivity index (χ2n) is 6.46. The first kappa shape index (κ1) is 15.2. The number of hydrogen-bond donors (Lipinski definition) is 1. The largest absolute Gasteiger partial charge is 0.497 e. The minimum absolute atomic E-state index is 0.0767. The first-order chi connectivity index (χ1) is 10.6. The molecule has 1 N–H and O–H groups in total. The van der Waals surface area contributed by atoms with E-state index >= 15 is 0 Å². The van der Waals surface area contributed by atoms with Crippen molar-refractivity contribution in [1.29, 1.82) is 0 Å². The minimum Gasteiger partial charge on any atom is -0.497 e. The number of ether oxygens (including phenoxy) is 1. The van der Waals surface area contributed by atoms with E-state index in [1.165, 1.54) is 5.56 Å². The van der Waals surface area contributed by atoms with E-state index in [1.807, 2.05) is 17.0 Å². The van der Waals surface area contributed by atoms with Crippen molar-refractivity contribution < 1.29 is 9.53 Å². The number of benzene rings is 1. The van der Waals surface area contributed by atoms with Crippen LogP contribution >= 0.6 is 0 Å². The molecule has 5 nitrogen and oxygen atoms in total. The number of nitrogens with one attached hydrogen (secondary N) is 1. The number of hydrogen-bond acceptors (Lipinski definition) is 3. The molecule has 22 heavy (non-hydrogen) atoms. The maximum absolute atomic E-state index is 12.3. The quantitative estimate of drug-likeness (QED) is 0.920. The van der Waals surface area contributed by atoms with Crippen LogP contribution in [-0.2, 0) is 5.41 Å². The van der Waals surface area contributed by atoms with Gasteiger partial charge in [-0.2, -0.15) is 0 Å². The van der Waals surface area contributed by atoms with Gasteiger partial charge in [0.1, 0.15) is 5.75 Å². The topological polar surface area (TPSA) is 44.8 Å². The number of piperazine rings is 1. The molecular formula is C17H25N3O2. The summed E-state index contributed by atoms with van der Waals surface area (Å²) in [7, 11) is 3.77. The van der Waals surface area contributed by atoms with E-state index in [-0.39, 0.29) is 11.4 Å². The molecule has 1 heterocycles. The predicted molar refractivity (Wildman–Crippen MR) is 86.4 cm³/mol. The van der Waals surface area contributed by atoms with Crippen molar-refractivity contribution >= 4 is 6.03 Å². The highest BCUT2D eigenvalue weighted by atomic mass is 16.5. The molecule has 1 saturated carbocycles. The Balaban J connectivity index is 1.55. The van der Waals surface area contributed by atoms with Crippen LogP contribution in [0.15, 0.2) is 24.3 Å². The molecule has 2 amide bonds. The first-order valence-electron chi connectivity index (χ1n) is 7.99. The number of carbonyl (C=O) groups excluding carboxylic acids is 1. The molecule has 1 saturated heterocycles. The summed E-state index contributed by atoms with van der Waals surface area (Å²) in [5.74, 6) is 0.876. The van der Waals surface area contributed by atoms with Crippen LogP contribution in [0.4, 0.5) is 4.79 Å². The van der Waals surface area contributed by atoms with Crippen LogP contribution in [0.25, 0.3) is 0 Å². The highest BCUT2D eigenvalue weighted by molar-refractivity contribution is 5.74. The van der Waals surface area contributed by atoms with Gasteiger partial charge in [-0.3, -0.25) is 0 Å². The second-order valence-corrected chi connectivity index (χ2v) is 6.46. The molecule has 2 aliphatic rings. The fourth-order valence-corrected chi connectivity index (χ4v) is 3.03. The molecule has 1 aliphatic carbocycles. The summed E-state index contributed by atoms with van der Waals surface area (Å²) in [6, 6.07) is 8.31. The van der Waals surface area contributed by atoms with Crippen molar-refractivity contribution in [3.8, 4) is 5.75 Å². The zero-order valence-electron chi connectivity index (χ0n) is 13.5. The standard InChI is InChI=1S/C17H25N3O2/c1-19-9-11-20(12-10-19)16(21)18-13-17(7-8-17)14-3-5-15(22-2)6-4-14/h3-6H,7-13H2,1-2H3,(H,18,21). The minimum atomic E-state index is 0.0767. The van der Waals surface area contributed by atoms with Crippen molar-refractivity contribution in [3.05, 3.63) is 29.8 Å². The Morgan fingerprint density at radius 2 is 1.82 bits per heavy atom. The number of carbonyl (C=O) groups is 1. The van der Waals surface area contributed by atoms with E-state index in [0.29, 0.717) is 0 Å². The van der Waals surface area contributed by atoms with Gasteiger partial charge >= 0.3 is 6.03 Å². The molecule has 0 bridgehead atoms. The summed E-state index contributed by atoms with van der Waals surface area (Å²) < 4.78 is 5.21. The average Bonchev–Trinajstić information content (AvgIpc) is 3.34. The first-order valence-corrected chi connectivity index (χ1v) is 7.99. The Morgan fingerprint density at radius 1 is 1.18 bits per heavy atom. The SMILES string of the molecule is COc1ccc(C2(CNC(=O)N3CCN(C)CC3)CC2)cc1. The zero-order chi connectivity index (χ0) is 15.6. The maximum atomic E-state index is 12.3. The van der Waals surface area contributed by atoms with E-state index in [2.05, 4.69) is 29.4 Å². The summed E-state index contributed by atoms with van der Waals surface area (Å²) in [4.78, 5) is 16.5. The lowest BCUT2D eigenvalue weighted by Crippen LogP contribution is -2.51. The summed E-state index contributed by atoms with van der Waals surface area (Å²) >= 11 is 0. The maximum Gasteiger partial charge on any atom is 0.317 e. The lowest BCUT2D eigenvalue weighted by atomic mass is 9.96. The van der Waals surface area contributed by atoms with Crippen molar-refractivity contribution in [3.63, 3.8) is 0 Å². The molecule has 0 atom stereocenters. The Bertz CT molecular complexity index is 517. The third kappa shape index (κ3) is 3.19. The Morgan fingerprint density at radius 3 is 2.36 bits per heavy atom. The number of nitrogens with zero attached hydrogens (tertiary/aromatic N) is 2. The number of rotatable bonds is 4. The van der Waals surface area contributed by atoms with Crippen LogP contribution < -0.4 is 10.1 Å². The van der Waals surface area contributed by atoms with Crippen LogP contribution in [0, 0.1) is 0 Å². The van der Waals surface area contributed by atoms with Crippen LogP contribution in [0.5, 0.6) is 5.75 Å². The fourth-order valence-electron chi connectivity index (χ4n) is 3.03. The molecule has 0 aromatic heterocycles. The molecule has 3 rings (SSSR count). The molecule has 0 unspecified atom stereocenters. The van der Waals surface area contributed by atoms with Gasteiger partial charge in [0.05, 0.1) is 7.11 Å². The highest BCUT2D eigenvalue weighted by Crippen LogP contribution is 2.47. The average molecular weight is 303 g/mol. The summed E-state index contributed by atoms with van der Waals surface area (Å²) in [6.45, 7) is 4.27. The van der Waals surface area contributed by atoms with Gasteiger partial charge in [-0.25, -0.2) is 4.79 Å². The van der Waals surface area contributed by atoms with E-state index in [9.17, 15) is 4.79 Å². The van der Waals surface area contributed by atoms with E-state index in [1.54, 1.807) is 7.11 Å². The third-order valence-corrected chi connectivity index (χ3v) is 4.92. The molecule has 120 valence electrons. The third-order valence-electron chi connectivity index (χ3n) is 4.92. The molecule has 0 radical (unpaired) electrons. The van der Waals surface area contributed by atoms with E-state index in [0.717, 1.165) is 51.3 Å². The predicted octanol–water partition coefficient (Wildman–Crippen LogP) is 1.68. The van der Waals surface area contributed by atoms with Crippen molar-refractivity contribution in [2.24, 2.45) is 0 Å².